The molecular formula is C18H21N3O3S. The Morgan fingerprint density at radius 1 is 1.20 bits per heavy atom. The van der Waals surface area contributed by atoms with E-state index in [1.807, 2.05) is 6.07 Å². The predicted molar refractivity (Wildman–Crippen MR) is 95.9 cm³/mol. The third-order valence-electron chi connectivity index (χ3n) is 4.39. The second-order valence-electron chi connectivity index (χ2n) is 6.28. The van der Waals surface area contributed by atoms with Crippen molar-refractivity contribution in [3.8, 4) is 0 Å². The van der Waals surface area contributed by atoms with Crippen molar-refractivity contribution < 1.29 is 9.21 Å². The summed E-state index contributed by atoms with van der Waals surface area (Å²) < 4.78 is 5.05. The number of amides is 1. The maximum absolute atomic E-state index is 12.5. The molecule has 2 aromatic heterocycles. The van der Waals surface area contributed by atoms with Crippen LogP contribution in [-0.4, -0.2) is 27.2 Å². The van der Waals surface area contributed by atoms with Gasteiger partial charge in [-0.2, -0.15) is 0 Å². The van der Waals surface area contributed by atoms with Crippen LogP contribution in [-0.2, 0) is 0 Å². The van der Waals surface area contributed by atoms with E-state index >= 15 is 0 Å². The standard InChI is InChI=1S/C18H21N3O3S/c1-11-10-15(22)24-12(2)16(11)17(23)21-13-4-6-14(7-5-13)25-18-19-8-3-9-20-18/h3,8-10,13-14H,4-7H2,1-2H3,(H,21,23). The van der Waals surface area contributed by atoms with Crippen LogP contribution in [0.2, 0.25) is 0 Å². The molecule has 1 N–H and O–H groups in total. The molecule has 1 saturated carbocycles. The highest BCUT2D eigenvalue weighted by Crippen LogP contribution is 2.32. The molecule has 0 atom stereocenters. The SMILES string of the molecule is Cc1cc(=O)oc(C)c1C(=O)NC1CCC(Sc2ncccn2)CC1. The quantitative estimate of drug-likeness (QED) is 0.845. The lowest BCUT2D eigenvalue weighted by molar-refractivity contribution is 0.0924. The third kappa shape index (κ3) is 4.48. The van der Waals surface area contributed by atoms with Gasteiger partial charge in [0.1, 0.15) is 5.76 Å². The molecule has 1 fully saturated rings. The molecular weight excluding hydrogens is 338 g/mol. The fourth-order valence-corrected chi connectivity index (χ4v) is 4.22. The fourth-order valence-electron chi connectivity index (χ4n) is 3.17. The lowest BCUT2D eigenvalue weighted by atomic mass is 9.94. The molecule has 1 amide bonds. The largest absolute Gasteiger partial charge is 0.427 e. The summed E-state index contributed by atoms with van der Waals surface area (Å²) in [5.74, 6) is 0.203. The summed E-state index contributed by atoms with van der Waals surface area (Å²) in [5, 5.41) is 4.37. The molecule has 25 heavy (non-hydrogen) atoms. The van der Waals surface area contributed by atoms with E-state index in [9.17, 15) is 9.59 Å². The molecule has 2 aromatic rings. The Hall–Kier alpha value is -2.15. The first-order valence-corrected chi connectivity index (χ1v) is 9.27. The molecule has 0 saturated heterocycles. The van der Waals surface area contributed by atoms with Crippen LogP contribution >= 0.6 is 11.8 Å². The van der Waals surface area contributed by atoms with Crippen LogP contribution in [0.3, 0.4) is 0 Å². The van der Waals surface area contributed by atoms with Crippen LogP contribution in [0.5, 0.6) is 0 Å². The molecule has 132 valence electrons. The van der Waals surface area contributed by atoms with Crippen LogP contribution in [0, 0.1) is 13.8 Å². The fraction of sp³-hybridized carbons (Fsp3) is 0.444. The van der Waals surface area contributed by atoms with Gasteiger partial charge in [0.15, 0.2) is 5.16 Å². The zero-order valence-electron chi connectivity index (χ0n) is 14.3. The molecule has 6 nitrogen and oxygen atoms in total. The number of hydrogen-bond acceptors (Lipinski definition) is 6. The second-order valence-corrected chi connectivity index (χ2v) is 7.54. The molecule has 0 radical (unpaired) electrons. The van der Waals surface area contributed by atoms with E-state index in [1.54, 1.807) is 38.0 Å². The summed E-state index contributed by atoms with van der Waals surface area (Å²) in [6.45, 7) is 3.41. The summed E-state index contributed by atoms with van der Waals surface area (Å²) in [7, 11) is 0. The van der Waals surface area contributed by atoms with Crippen LogP contribution in [0.25, 0.3) is 0 Å². The topological polar surface area (TPSA) is 85.1 Å². The number of nitrogens with zero attached hydrogens (tertiary/aromatic N) is 2. The first kappa shape index (κ1) is 17.7. The summed E-state index contributed by atoms with van der Waals surface area (Å²) in [6, 6.07) is 3.31. The number of nitrogens with one attached hydrogen (secondary N) is 1. The van der Waals surface area contributed by atoms with Gasteiger partial charge in [-0.05, 0) is 51.2 Å². The van der Waals surface area contributed by atoms with Gasteiger partial charge < -0.3 is 9.73 Å². The van der Waals surface area contributed by atoms with E-state index < -0.39 is 5.63 Å². The van der Waals surface area contributed by atoms with Gasteiger partial charge in [-0.3, -0.25) is 4.79 Å². The number of carbonyl (C=O) groups is 1. The Bertz CT molecular complexity index is 773. The van der Waals surface area contributed by atoms with Crippen molar-refractivity contribution in [2.24, 2.45) is 0 Å². The van der Waals surface area contributed by atoms with Crippen molar-refractivity contribution in [2.75, 3.05) is 0 Å². The van der Waals surface area contributed by atoms with Gasteiger partial charge in [0.25, 0.3) is 5.91 Å². The Labute approximate surface area is 150 Å². The lowest BCUT2D eigenvalue weighted by Crippen LogP contribution is -2.38. The number of thioether (sulfide) groups is 1. The van der Waals surface area contributed by atoms with Gasteiger partial charge in [0, 0.05) is 29.8 Å². The molecule has 0 bridgehead atoms. The second kappa shape index (κ2) is 7.82. The first-order chi connectivity index (χ1) is 12.0. The van der Waals surface area contributed by atoms with Gasteiger partial charge >= 0.3 is 5.63 Å². The Balaban J connectivity index is 1.55. The zero-order valence-corrected chi connectivity index (χ0v) is 15.1. The smallest absolute Gasteiger partial charge is 0.336 e. The minimum Gasteiger partial charge on any atom is -0.427 e. The minimum absolute atomic E-state index is 0.145. The number of rotatable bonds is 4. The van der Waals surface area contributed by atoms with Gasteiger partial charge in [-0.25, -0.2) is 14.8 Å². The van der Waals surface area contributed by atoms with E-state index in [2.05, 4.69) is 15.3 Å². The van der Waals surface area contributed by atoms with Crippen LogP contribution < -0.4 is 10.9 Å². The van der Waals surface area contributed by atoms with E-state index in [4.69, 9.17) is 4.42 Å². The van der Waals surface area contributed by atoms with Crippen molar-refractivity contribution in [1.29, 1.82) is 0 Å². The summed E-state index contributed by atoms with van der Waals surface area (Å²) in [4.78, 5) is 32.4. The molecule has 3 rings (SSSR count). The van der Waals surface area contributed by atoms with Gasteiger partial charge in [0.05, 0.1) is 5.56 Å². The van der Waals surface area contributed by atoms with E-state index in [0.717, 1.165) is 30.8 Å². The molecule has 1 aliphatic rings. The van der Waals surface area contributed by atoms with Crippen LogP contribution in [0.15, 0.2) is 38.9 Å². The average molecular weight is 359 g/mol. The molecule has 1 aliphatic carbocycles. The minimum atomic E-state index is -0.424. The predicted octanol–water partition coefficient (Wildman–Crippen LogP) is 2.88. The van der Waals surface area contributed by atoms with Crippen molar-refractivity contribution in [2.45, 2.75) is 56.0 Å². The number of aryl methyl sites for hydroxylation is 2. The number of hydrogen-bond donors (Lipinski definition) is 1. The van der Waals surface area contributed by atoms with E-state index in [1.165, 1.54) is 6.07 Å². The highest BCUT2D eigenvalue weighted by molar-refractivity contribution is 7.99. The van der Waals surface area contributed by atoms with Gasteiger partial charge in [-0.1, -0.05) is 11.8 Å². The highest BCUT2D eigenvalue weighted by Gasteiger charge is 2.25. The zero-order chi connectivity index (χ0) is 17.8. The molecule has 7 heteroatoms. The van der Waals surface area contributed by atoms with Crippen molar-refractivity contribution in [1.82, 2.24) is 15.3 Å². The maximum Gasteiger partial charge on any atom is 0.336 e. The van der Waals surface area contributed by atoms with Crippen molar-refractivity contribution in [3.05, 3.63) is 51.8 Å². The van der Waals surface area contributed by atoms with Crippen LogP contribution in [0.4, 0.5) is 0 Å². The summed E-state index contributed by atoms with van der Waals surface area (Å²) >= 11 is 1.70. The number of aromatic nitrogens is 2. The number of carbonyl (C=O) groups excluding carboxylic acids is 1. The third-order valence-corrected chi connectivity index (χ3v) is 5.61. The molecule has 0 aliphatic heterocycles. The van der Waals surface area contributed by atoms with Crippen LogP contribution in [0.1, 0.15) is 47.4 Å². The average Bonchev–Trinajstić information content (AvgIpc) is 2.56. The molecule has 0 aromatic carbocycles. The van der Waals surface area contributed by atoms with E-state index in [-0.39, 0.29) is 11.9 Å². The molecule has 2 heterocycles. The van der Waals surface area contributed by atoms with E-state index in [0.29, 0.717) is 22.1 Å². The highest BCUT2D eigenvalue weighted by atomic mass is 32.2. The van der Waals surface area contributed by atoms with Gasteiger partial charge in [-0.15, -0.1) is 0 Å². The lowest BCUT2D eigenvalue weighted by Gasteiger charge is -2.28. The van der Waals surface area contributed by atoms with Crippen molar-refractivity contribution >= 4 is 17.7 Å². The molecule has 0 spiro atoms. The van der Waals surface area contributed by atoms with Gasteiger partial charge in [0.2, 0.25) is 0 Å². The summed E-state index contributed by atoms with van der Waals surface area (Å²) in [6.07, 6.45) is 7.37. The van der Waals surface area contributed by atoms with Crippen molar-refractivity contribution in [3.63, 3.8) is 0 Å². The Kier molecular flexibility index (Phi) is 5.53. The monoisotopic (exact) mass is 359 g/mol. The first-order valence-electron chi connectivity index (χ1n) is 8.39. The Morgan fingerprint density at radius 2 is 1.88 bits per heavy atom. The normalized spacial score (nSPS) is 20.2. The maximum atomic E-state index is 12.5. The summed E-state index contributed by atoms with van der Waals surface area (Å²) in [5.41, 5.74) is 0.692. The Morgan fingerprint density at radius 3 is 2.52 bits per heavy atom. The molecule has 0 unspecified atom stereocenters.